The Morgan fingerprint density at radius 1 is 0.424 bits per heavy atom. The van der Waals surface area contributed by atoms with Gasteiger partial charge >= 0.3 is 0 Å². The van der Waals surface area contributed by atoms with Crippen molar-refractivity contribution in [3.8, 4) is 50.7 Å². The fourth-order valence-corrected chi connectivity index (χ4v) is 10.7. The largest absolute Gasteiger partial charge is 0.309 e. The van der Waals surface area contributed by atoms with Gasteiger partial charge in [0.25, 0.3) is 0 Å². The number of fused-ring (bicyclic) bond motifs is 14. The molecule has 0 fully saturated rings. The van der Waals surface area contributed by atoms with Crippen LogP contribution in [-0.2, 0) is 6.42 Å². The predicted molar refractivity (Wildman–Crippen MR) is 249 cm³/mol. The minimum absolute atomic E-state index is 0.680. The zero-order valence-electron chi connectivity index (χ0n) is 31.9. The summed E-state index contributed by atoms with van der Waals surface area (Å²) in [5, 5.41) is 9.86. The topological polar surface area (TPSA) is 30.7 Å². The first-order valence-corrected chi connectivity index (χ1v) is 21.0. The van der Waals surface area contributed by atoms with E-state index in [1.165, 1.54) is 74.6 Å². The molecule has 274 valence electrons. The molecule has 0 amide bonds. The molecule has 3 aromatic heterocycles. The first-order valence-electron chi connectivity index (χ1n) is 20.2. The number of thiophene rings is 1. The summed E-state index contributed by atoms with van der Waals surface area (Å²) in [6.07, 6.45) is 0.680. The Hall–Kier alpha value is -7.40. The maximum atomic E-state index is 5.79. The van der Waals surface area contributed by atoms with Crippen molar-refractivity contribution in [2.45, 2.75) is 6.42 Å². The molecule has 4 heteroatoms. The highest BCUT2D eigenvalue weighted by atomic mass is 32.1. The molecule has 12 aromatic rings. The first kappa shape index (κ1) is 32.7. The van der Waals surface area contributed by atoms with E-state index < -0.39 is 0 Å². The molecular formula is C55H33N3S. The van der Waals surface area contributed by atoms with Gasteiger partial charge in [0.05, 0.1) is 28.1 Å². The number of rotatable bonds is 3. The van der Waals surface area contributed by atoms with Crippen LogP contribution in [0.25, 0.3) is 114 Å². The van der Waals surface area contributed by atoms with Gasteiger partial charge in [0.1, 0.15) is 0 Å². The van der Waals surface area contributed by atoms with Crippen molar-refractivity contribution in [3.63, 3.8) is 0 Å². The Balaban J connectivity index is 1.20. The Bertz CT molecular complexity index is 3710. The van der Waals surface area contributed by atoms with E-state index >= 15 is 0 Å². The summed E-state index contributed by atoms with van der Waals surface area (Å²) in [6, 6.07) is 68.8. The van der Waals surface area contributed by atoms with E-state index in [2.05, 4.69) is 193 Å². The van der Waals surface area contributed by atoms with Gasteiger partial charge in [-0.3, -0.25) is 0 Å². The number of aromatic nitrogens is 3. The van der Waals surface area contributed by atoms with Gasteiger partial charge in [0.15, 0.2) is 5.82 Å². The van der Waals surface area contributed by atoms with Crippen LogP contribution in [0.15, 0.2) is 188 Å². The molecule has 2 bridgehead atoms. The van der Waals surface area contributed by atoms with Crippen molar-refractivity contribution in [1.82, 2.24) is 14.5 Å². The van der Waals surface area contributed by atoms with Crippen LogP contribution >= 0.6 is 11.3 Å². The Morgan fingerprint density at radius 3 is 2.02 bits per heavy atom. The summed E-state index contributed by atoms with van der Waals surface area (Å²) in [5.74, 6) is 0.714. The van der Waals surface area contributed by atoms with Gasteiger partial charge in [0, 0.05) is 59.6 Å². The molecule has 9 aromatic carbocycles. The molecule has 0 saturated carbocycles. The monoisotopic (exact) mass is 767 g/mol. The summed E-state index contributed by atoms with van der Waals surface area (Å²) in [5.41, 5.74) is 13.4. The fourth-order valence-electron chi connectivity index (χ4n) is 9.59. The van der Waals surface area contributed by atoms with Gasteiger partial charge in [-0.25, -0.2) is 9.97 Å². The highest BCUT2D eigenvalue weighted by Crippen LogP contribution is 2.48. The van der Waals surface area contributed by atoms with Crippen molar-refractivity contribution >= 4 is 74.9 Å². The molecule has 0 spiro atoms. The zero-order chi connectivity index (χ0) is 38.6. The van der Waals surface area contributed by atoms with Crippen LogP contribution in [0.3, 0.4) is 0 Å². The molecule has 0 aliphatic carbocycles. The van der Waals surface area contributed by atoms with Crippen molar-refractivity contribution < 1.29 is 0 Å². The molecule has 4 heterocycles. The second kappa shape index (κ2) is 12.5. The van der Waals surface area contributed by atoms with E-state index in [0.717, 1.165) is 44.9 Å². The number of nitrogens with zero attached hydrogens (tertiary/aromatic N) is 3. The third-order valence-corrected chi connectivity index (χ3v) is 13.5. The van der Waals surface area contributed by atoms with E-state index in [9.17, 15) is 0 Å². The van der Waals surface area contributed by atoms with Crippen LogP contribution in [0, 0.1) is 0 Å². The molecule has 13 rings (SSSR count). The van der Waals surface area contributed by atoms with Gasteiger partial charge < -0.3 is 4.57 Å². The number of hydrogen-bond acceptors (Lipinski definition) is 3. The molecule has 3 nitrogen and oxygen atoms in total. The van der Waals surface area contributed by atoms with Crippen molar-refractivity contribution in [1.29, 1.82) is 0 Å². The second-order valence-electron chi connectivity index (χ2n) is 15.7. The molecule has 1 aliphatic rings. The maximum absolute atomic E-state index is 5.79. The van der Waals surface area contributed by atoms with Crippen molar-refractivity contribution in [2.75, 3.05) is 0 Å². The molecular weight excluding hydrogens is 735 g/mol. The normalized spacial score (nSPS) is 12.3. The van der Waals surface area contributed by atoms with Crippen LogP contribution in [0.4, 0.5) is 0 Å². The summed E-state index contributed by atoms with van der Waals surface area (Å²) in [6.45, 7) is 0. The van der Waals surface area contributed by atoms with Crippen molar-refractivity contribution in [3.05, 3.63) is 199 Å². The number of hydrogen-bond donors (Lipinski definition) is 0. The third kappa shape index (κ3) is 5.00. The highest BCUT2D eigenvalue weighted by Gasteiger charge is 2.28. The van der Waals surface area contributed by atoms with Gasteiger partial charge in [-0.05, 0) is 86.8 Å². The SMILES string of the molecule is c1ccc(-c2cccc(-c3nc(-c4ccc5ccccc5c4)c4c(n3)-c3c(ccc5sc6ccccc6c35)-n3c5cc(ccc5c5cc6ccccc6cc53)C4)c2)cc1. The Morgan fingerprint density at radius 2 is 1.14 bits per heavy atom. The molecule has 0 atom stereocenters. The van der Waals surface area contributed by atoms with E-state index in [1.807, 2.05) is 11.3 Å². The lowest BCUT2D eigenvalue weighted by atomic mass is 9.91. The van der Waals surface area contributed by atoms with Gasteiger partial charge in [-0.2, -0.15) is 0 Å². The summed E-state index contributed by atoms with van der Waals surface area (Å²) < 4.78 is 5.04. The predicted octanol–water partition coefficient (Wildman–Crippen LogP) is 14.8. The van der Waals surface area contributed by atoms with Crippen LogP contribution in [-0.4, -0.2) is 14.5 Å². The summed E-state index contributed by atoms with van der Waals surface area (Å²) in [7, 11) is 0. The van der Waals surface area contributed by atoms with Crippen LogP contribution < -0.4 is 0 Å². The van der Waals surface area contributed by atoms with Crippen LogP contribution in [0.2, 0.25) is 0 Å². The lowest BCUT2D eigenvalue weighted by molar-refractivity contribution is 1.09. The minimum Gasteiger partial charge on any atom is -0.309 e. The van der Waals surface area contributed by atoms with Crippen LogP contribution in [0.5, 0.6) is 0 Å². The maximum Gasteiger partial charge on any atom is 0.160 e. The molecule has 0 N–H and O–H groups in total. The standard InChI is InChI=1S/C55H33N3S/c1-2-11-34(12-3-1)37-17-10-18-41(30-37)55-56-53(40-23-22-35-13-4-5-14-36(35)29-40)45-27-33-21-24-42-44-31-38-15-6-7-16-39(38)32-48(44)58(47(42)28-33)46-25-26-50-51(52(46)54(45)57-55)43-19-8-9-20-49(43)59-50/h1-26,28-32H,27H2. The molecule has 0 radical (unpaired) electrons. The van der Waals surface area contributed by atoms with E-state index in [1.54, 1.807) is 0 Å². The lowest BCUT2D eigenvalue weighted by Crippen LogP contribution is -2.06. The smallest absolute Gasteiger partial charge is 0.160 e. The number of benzene rings is 9. The Labute approximate surface area is 344 Å². The third-order valence-electron chi connectivity index (χ3n) is 12.3. The summed E-state index contributed by atoms with van der Waals surface area (Å²) in [4.78, 5) is 11.4. The van der Waals surface area contributed by atoms with Crippen molar-refractivity contribution in [2.24, 2.45) is 0 Å². The minimum atomic E-state index is 0.680. The average Bonchev–Trinajstić information content (AvgIpc) is 3.83. The van der Waals surface area contributed by atoms with E-state index in [0.29, 0.717) is 12.2 Å². The molecule has 0 unspecified atom stereocenters. The Kier molecular flexibility index (Phi) is 6.95. The lowest BCUT2D eigenvalue weighted by Gasteiger charge is -2.20. The molecule has 1 aliphatic heterocycles. The highest BCUT2D eigenvalue weighted by molar-refractivity contribution is 7.26. The summed E-state index contributed by atoms with van der Waals surface area (Å²) >= 11 is 1.86. The van der Waals surface area contributed by atoms with E-state index in [4.69, 9.17) is 9.97 Å². The average molecular weight is 768 g/mol. The van der Waals surface area contributed by atoms with Gasteiger partial charge in [-0.1, -0.05) is 140 Å². The van der Waals surface area contributed by atoms with Gasteiger partial charge in [0.2, 0.25) is 0 Å². The van der Waals surface area contributed by atoms with E-state index in [-0.39, 0.29) is 0 Å². The zero-order valence-corrected chi connectivity index (χ0v) is 32.7. The van der Waals surface area contributed by atoms with Gasteiger partial charge in [-0.15, -0.1) is 11.3 Å². The first-order chi connectivity index (χ1) is 29.2. The molecule has 59 heavy (non-hydrogen) atoms. The molecule has 0 saturated heterocycles. The fraction of sp³-hybridized carbons (Fsp3) is 0.0182. The second-order valence-corrected chi connectivity index (χ2v) is 16.8. The quantitative estimate of drug-likeness (QED) is 0.179. The van der Waals surface area contributed by atoms with Crippen LogP contribution in [0.1, 0.15) is 11.1 Å².